The number of benzene rings is 1. The number of hydrogen-bond acceptors (Lipinski definition) is 4. The van der Waals surface area contributed by atoms with Gasteiger partial charge in [0.15, 0.2) is 0 Å². The predicted octanol–water partition coefficient (Wildman–Crippen LogP) is 2.05. The lowest BCUT2D eigenvalue weighted by Crippen LogP contribution is -2.35. The Kier molecular flexibility index (Phi) is 7.10. The first-order valence-corrected chi connectivity index (χ1v) is 7.99. The summed E-state index contributed by atoms with van der Waals surface area (Å²) in [7, 11) is 1.62. The van der Waals surface area contributed by atoms with Gasteiger partial charge in [-0.05, 0) is 36.5 Å². The molecule has 1 aromatic carbocycles. The lowest BCUT2D eigenvalue weighted by molar-refractivity contribution is -0.122. The molecule has 0 bridgehead atoms. The zero-order valence-corrected chi connectivity index (χ0v) is 13.5. The highest BCUT2D eigenvalue weighted by Crippen LogP contribution is 2.19. The molecule has 5 nitrogen and oxygen atoms in total. The molecule has 0 heterocycles. The van der Waals surface area contributed by atoms with Crippen molar-refractivity contribution in [3.05, 3.63) is 42.0 Å². The van der Waals surface area contributed by atoms with Crippen LogP contribution in [0, 0.1) is 5.92 Å². The van der Waals surface area contributed by atoms with Gasteiger partial charge in [-0.2, -0.15) is 0 Å². The molecule has 1 aromatic rings. The third kappa shape index (κ3) is 6.42. The summed E-state index contributed by atoms with van der Waals surface area (Å²) in [6.07, 6.45) is 6.10. The monoisotopic (exact) mass is 319 g/mol. The van der Waals surface area contributed by atoms with E-state index in [9.17, 15) is 9.90 Å². The highest BCUT2D eigenvalue weighted by molar-refractivity contribution is 5.76. The first kappa shape index (κ1) is 17.5. The van der Waals surface area contributed by atoms with Crippen LogP contribution < -0.4 is 10.1 Å². The summed E-state index contributed by atoms with van der Waals surface area (Å²) in [5.41, 5.74) is 1.01. The normalized spacial score (nSPS) is 17.9. The zero-order valence-electron chi connectivity index (χ0n) is 13.5. The number of aliphatic hydroxyl groups excluding tert-OH is 1. The minimum Gasteiger partial charge on any atom is -0.497 e. The second kappa shape index (κ2) is 9.33. The van der Waals surface area contributed by atoms with Gasteiger partial charge >= 0.3 is 0 Å². The maximum absolute atomic E-state index is 11.8. The molecule has 0 unspecified atom stereocenters. The van der Waals surface area contributed by atoms with Crippen LogP contribution in [0.5, 0.6) is 5.75 Å². The van der Waals surface area contributed by atoms with E-state index in [2.05, 4.69) is 17.5 Å². The molecule has 1 aliphatic carbocycles. The average molecular weight is 319 g/mol. The third-order valence-corrected chi connectivity index (χ3v) is 3.83. The standard InChI is InChI=1S/C18H25NO4/c1-22-17-8-6-15(7-9-17)12-23-13-16(20)11-19-18(21)10-14-4-2-3-5-14/h2,4,6-9,14,16,20H,3,5,10-13H2,1H3,(H,19,21)/t14-,16-/m0/s1. The minimum absolute atomic E-state index is 0.0178. The molecule has 0 saturated heterocycles. The van der Waals surface area contributed by atoms with Crippen molar-refractivity contribution < 1.29 is 19.4 Å². The van der Waals surface area contributed by atoms with E-state index in [1.54, 1.807) is 7.11 Å². The van der Waals surface area contributed by atoms with Crippen LogP contribution in [-0.4, -0.2) is 37.4 Å². The lowest BCUT2D eigenvalue weighted by Gasteiger charge is -2.14. The fourth-order valence-corrected chi connectivity index (χ4v) is 2.50. The second-order valence-corrected chi connectivity index (χ2v) is 5.79. The number of methoxy groups -OCH3 is 1. The number of allylic oxidation sites excluding steroid dienone is 2. The van der Waals surface area contributed by atoms with E-state index in [-0.39, 0.29) is 19.1 Å². The van der Waals surface area contributed by atoms with Gasteiger partial charge in [-0.1, -0.05) is 24.3 Å². The molecule has 0 radical (unpaired) electrons. The van der Waals surface area contributed by atoms with Crippen LogP contribution in [-0.2, 0) is 16.1 Å². The molecule has 0 aromatic heterocycles. The quantitative estimate of drug-likeness (QED) is 0.684. The van der Waals surface area contributed by atoms with Crippen LogP contribution in [0.1, 0.15) is 24.8 Å². The molecule has 23 heavy (non-hydrogen) atoms. The van der Waals surface area contributed by atoms with Crippen LogP contribution in [0.3, 0.4) is 0 Å². The molecule has 1 amide bonds. The summed E-state index contributed by atoms with van der Waals surface area (Å²) < 4.78 is 10.6. The fraction of sp³-hybridized carbons (Fsp3) is 0.500. The number of carbonyl (C=O) groups excluding carboxylic acids is 1. The number of ether oxygens (including phenoxy) is 2. The van der Waals surface area contributed by atoms with Crippen LogP contribution in [0.2, 0.25) is 0 Å². The van der Waals surface area contributed by atoms with Crippen LogP contribution in [0.25, 0.3) is 0 Å². The van der Waals surface area contributed by atoms with E-state index >= 15 is 0 Å². The van der Waals surface area contributed by atoms with Crippen molar-refractivity contribution >= 4 is 5.91 Å². The molecule has 2 N–H and O–H groups in total. The average Bonchev–Trinajstić information content (AvgIpc) is 3.06. The molecule has 5 heteroatoms. The van der Waals surface area contributed by atoms with Crippen LogP contribution in [0.4, 0.5) is 0 Å². The summed E-state index contributed by atoms with van der Waals surface area (Å²) in [6.45, 7) is 0.829. The summed E-state index contributed by atoms with van der Waals surface area (Å²) >= 11 is 0. The molecule has 126 valence electrons. The molecule has 0 aliphatic heterocycles. The topological polar surface area (TPSA) is 67.8 Å². The molecule has 1 aliphatic rings. The van der Waals surface area contributed by atoms with Gasteiger partial charge in [0.25, 0.3) is 0 Å². The number of rotatable bonds is 9. The number of hydrogen-bond donors (Lipinski definition) is 2. The van der Waals surface area contributed by atoms with Gasteiger partial charge in [0.05, 0.1) is 26.4 Å². The molecule has 2 rings (SSSR count). The Bertz CT molecular complexity index is 512. The Labute approximate surface area is 137 Å². The van der Waals surface area contributed by atoms with E-state index in [1.807, 2.05) is 24.3 Å². The smallest absolute Gasteiger partial charge is 0.220 e. The Balaban J connectivity index is 1.57. The van der Waals surface area contributed by atoms with E-state index in [0.717, 1.165) is 24.2 Å². The Morgan fingerprint density at radius 2 is 2.17 bits per heavy atom. The molecular weight excluding hydrogens is 294 g/mol. The van der Waals surface area contributed by atoms with Gasteiger partial charge in [0.1, 0.15) is 5.75 Å². The van der Waals surface area contributed by atoms with Crippen molar-refractivity contribution in [2.24, 2.45) is 5.92 Å². The summed E-state index contributed by atoms with van der Waals surface area (Å²) in [6, 6.07) is 7.57. The van der Waals surface area contributed by atoms with Crippen LogP contribution >= 0.6 is 0 Å². The summed E-state index contributed by atoms with van der Waals surface area (Å²) in [5, 5.41) is 12.6. The number of amides is 1. The molecule has 2 atom stereocenters. The van der Waals surface area contributed by atoms with E-state index < -0.39 is 6.10 Å². The van der Waals surface area contributed by atoms with Crippen molar-refractivity contribution in [2.45, 2.75) is 32.0 Å². The van der Waals surface area contributed by atoms with E-state index in [1.165, 1.54) is 0 Å². The predicted molar refractivity (Wildman–Crippen MR) is 88.1 cm³/mol. The van der Waals surface area contributed by atoms with Gasteiger partial charge < -0.3 is 19.9 Å². The van der Waals surface area contributed by atoms with Gasteiger partial charge in [-0.3, -0.25) is 4.79 Å². The highest BCUT2D eigenvalue weighted by Gasteiger charge is 2.14. The maximum Gasteiger partial charge on any atom is 0.220 e. The van der Waals surface area contributed by atoms with Gasteiger partial charge in [-0.15, -0.1) is 0 Å². The van der Waals surface area contributed by atoms with Gasteiger partial charge in [-0.25, -0.2) is 0 Å². The Morgan fingerprint density at radius 3 is 2.83 bits per heavy atom. The SMILES string of the molecule is COc1ccc(COC[C@@H](O)CNC(=O)C[C@H]2C=CCC2)cc1. The van der Waals surface area contributed by atoms with Crippen molar-refractivity contribution in [3.63, 3.8) is 0 Å². The van der Waals surface area contributed by atoms with E-state index in [0.29, 0.717) is 18.9 Å². The Hall–Kier alpha value is -1.85. The molecule has 0 fully saturated rings. The number of nitrogens with one attached hydrogen (secondary N) is 1. The number of carbonyl (C=O) groups is 1. The maximum atomic E-state index is 11.8. The molecular formula is C18H25NO4. The zero-order chi connectivity index (χ0) is 16.5. The molecule has 0 spiro atoms. The minimum atomic E-state index is -0.698. The van der Waals surface area contributed by atoms with E-state index in [4.69, 9.17) is 9.47 Å². The molecule has 0 saturated carbocycles. The first-order valence-electron chi connectivity index (χ1n) is 7.99. The van der Waals surface area contributed by atoms with Crippen molar-refractivity contribution in [2.75, 3.05) is 20.3 Å². The fourth-order valence-electron chi connectivity index (χ4n) is 2.50. The van der Waals surface area contributed by atoms with Crippen LogP contribution in [0.15, 0.2) is 36.4 Å². The first-order chi connectivity index (χ1) is 11.2. The summed E-state index contributed by atoms with van der Waals surface area (Å²) in [4.78, 5) is 11.8. The largest absolute Gasteiger partial charge is 0.497 e. The van der Waals surface area contributed by atoms with Gasteiger partial charge in [0.2, 0.25) is 5.91 Å². The van der Waals surface area contributed by atoms with Gasteiger partial charge in [0, 0.05) is 13.0 Å². The number of aliphatic hydroxyl groups is 1. The van der Waals surface area contributed by atoms with Crippen molar-refractivity contribution in [3.8, 4) is 5.75 Å². The summed E-state index contributed by atoms with van der Waals surface area (Å²) in [5.74, 6) is 1.13. The lowest BCUT2D eigenvalue weighted by atomic mass is 10.1. The second-order valence-electron chi connectivity index (χ2n) is 5.79. The van der Waals surface area contributed by atoms with Crippen molar-refractivity contribution in [1.29, 1.82) is 0 Å². The highest BCUT2D eigenvalue weighted by atomic mass is 16.5. The Morgan fingerprint density at radius 1 is 1.39 bits per heavy atom. The van der Waals surface area contributed by atoms with Crippen molar-refractivity contribution in [1.82, 2.24) is 5.32 Å². The third-order valence-electron chi connectivity index (χ3n) is 3.83.